The van der Waals surface area contributed by atoms with Crippen LogP contribution < -0.4 is 0 Å². The summed E-state index contributed by atoms with van der Waals surface area (Å²) >= 11 is 0. The van der Waals surface area contributed by atoms with Gasteiger partial charge in [-0.25, -0.2) is 4.98 Å². The second-order valence-electron chi connectivity index (χ2n) is 3.48. The topological polar surface area (TPSA) is 58.6 Å². The summed E-state index contributed by atoms with van der Waals surface area (Å²) in [4.78, 5) is 15.8. The average Bonchev–Trinajstić information content (AvgIpc) is 2.74. The highest BCUT2D eigenvalue weighted by atomic mass is 16.1. The molecule has 0 unspecified atom stereocenters. The quantitative estimate of drug-likeness (QED) is 0.751. The number of nitrogens with one attached hydrogen (secondary N) is 1. The molecule has 76 valence electrons. The summed E-state index contributed by atoms with van der Waals surface area (Å²) in [5.74, 6) is 0.164. The van der Waals surface area contributed by atoms with Gasteiger partial charge in [-0.3, -0.25) is 9.89 Å². The first-order chi connectivity index (χ1) is 7.18. The number of hydrogen-bond acceptors (Lipinski definition) is 3. The van der Waals surface area contributed by atoms with Gasteiger partial charge in [0.05, 0.1) is 0 Å². The number of hydrogen-bond donors (Lipinski definition) is 1. The number of carbonyl (C=O) groups is 1. The summed E-state index contributed by atoms with van der Waals surface area (Å²) < 4.78 is 0. The normalized spacial score (nSPS) is 10.3. The van der Waals surface area contributed by atoms with Crippen LogP contribution in [0.1, 0.15) is 27.3 Å². The first-order valence-corrected chi connectivity index (χ1v) is 4.66. The second kappa shape index (κ2) is 3.65. The van der Waals surface area contributed by atoms with E-state index in [1.54, 1.807) is 0 Å². The van der Waals surface area contributed by atoms with Gasteiger partial charge in [-0.1, -0.05) is 17.7 Å². The van der Waals surface area contributed by atoms with Crippen LogP contribution in [0.25, 0.3) is 0 Å². The van der Waals surface area contributed by atoms with Crippen molar-refractivity contribution in [2.75, 3.05) is 0 Å². The van der Waals surface area contributed by atoms with E-state index in [0.29, 0.717) is 5.56 Å². The fourth-order valence-electron chi connectivity index (χ4n) is 1.42. The molecule has 1 N–H and O–H groups in total. The second-order valence-corrected chi connectivity index (χ2v) is 3.48. The highest BCUT2D eigenvalue weighted by molar-refractivity contribution is 6.07. The lowest BCUT2D eigenvalue weighted by molar-refractivity contribution is 0.102. The van der Waals surface area contributed by atoms with E-state index in [9.17, 15) is 4.79 Å². The van der Waals surface area contributed by atoms with Gasteiger partial charge < -0.3 is 0 Å². The highest BCUT2D eigenvalue weighted by Gasteiger charge is 2.14. The molecule has 4 heteroatoms. The minimum atomic E-state index is -0.117. The number of aromatic nitrogens is 3. The molecule has 0 aliphatic heterocycles. The van der Waals surface area contributed by atoms with Gasteiger partial charge in [0.15, 0.2) is 5.82 Å². The molecule has 1 aromatic carbocycles. The molecule has 0 aliphatic carbocycles. The fraction of sp³-hybridized carbons (Fsp3) is 0.182. The van der Waals surface area contributed by atoms with Gasteiger partial charge in [0.25, 0.3) is 0 Å². The van der Waals surface area contributed by atoms with Crippen LogP contribution in [0.4, 0.5) is 0 Å². The molecule has 0 saturated heterocycles. The van der Waals surface area contributed by atoms with Crippen LogP contribution in [0.3, 0.4) is 0 Å². The smallest absolute Gasteiger partial charge is 0.230 e. The average molecular weight is 201 g/mol. The van der Waals surface area contributed by atoms with Crippen molar-refractivity contribution in [2.45, 2.75) is 13.8 Å². The zero-order valence-corrected chi connectivity index (χ0v) is 8.61. The molecule has 4 nitrogen and oxygen atoms in total. The van der Waals surface area contributed by atoms with Crippen LogP contribution in [-0.2, 0) is 0 Å². The number of rotatable bonds is 2. The summed E-state index contributed by atoms with van der Waals surface area (Å²) in [6.45, 7) is 3.86. The lowest BCUT2D eigenvalue weighted by Gasteiger charge is -2.03. The predicted octanol–water partition coefficient (Wildman–Crippen LogP) is 1.65. The number of carbonyl (C=O) groups excluding carboxylic acids is 1. The van der Waals surface area contributed by atoms with Gasteiger partial charge >= 0.3 is 0 Å². The van der Waals surface area contributed by atoms with Crippen LogP contribution in [0.2, 0.25) is 0 Å². The highest BCUT2D eigenvalue weighted by Crippen LogP contribution is 2.13. The molecule has 0 saturated carbocycles. The van der Waals surface area contributed by atoms with Crippen LogP contribution in [0.5, 0.6) is 0 Å². The maximum absolute atomic E-state index is 11.9. The number of aryl methyl sites for hydroxylation is 2. The van der Waals surface area contributed by atoms with Crippen molar-refractivity contribution < 1.29 is 4.79 Å². The molecule has 15 heavy (non-hydrogen) atoms. The number of nitrogens with zero attached hydrogens (tertiary/aromatic N) is 2. The van der Waals surface area contributed by atoms with Crippen molar-refractivity contribution in [2.24, 2.45) is 0 Å². The van der Waals surface area contributed by atoms with E-state index < -0.39 is 0 Å². The molecule has 0 aliphatic rings. The zero-order valence-electron chi connectivity index (χ0n) is 8.61. The molecule has 2 rings (SSSR count). The van der Waals surface area contributed by atoms with Crippen molar-refractivity contribution in [1.29, 1.82) is 0 Å². The molecule has 1 heterocycles. The monoisotopic (exact) mass is 201 g/mol. The molecule has 0 atom stereocenters. The molecule has 1 aromatic heterocycles. The summed E-state index contributed by atoms with van der Waals surface area (Å²) in [5.41, 5.74) is 2.68. The Bertz CT molecular complexity index is 489. The third-order valence-corrected chi connectivity index (χ3v) is 2.27. The van der Waals surface area contributed by atoms with E-state index in [0.717, 1.165) is 11.1 Å². The largest absolute Gasteiger partial charge is 0.285 e. The van der Waals surface area contributed by atoms with E-state index in [-0.39, 0.29) is 11.6 Å². The molecule has 0 bridgehead atoms. The summed E-state index contributed by atoms with van der Waals surface area (Å²) in [6, 6.07) is 5.77. The Balaban J connectivity index is 2.46. The first-order valence-electron chi connectivity index (χ1n) is 4.66. The Morgan fingerprint density at radius 1 is 1.33 bits per heavy atom. The maximum Gasteiger partial charge on any atom is 0.230 e. The maximum atomic E-state index is 11.9. The van der Waals surface area contributed by atoms with E-state index in [2.05, 4.69) is 15.2 Å². The standard InChI is InChI=1S/C11H11N3O/c1-7-3-4-8(2)9(5-7)10(15)11-12-6-13-14-11/h3-6H,1-2H3,(H,12,13,14). The molecule has 0 fully saturated rings. The number of H-pyrrole nitrogens is 1. The zero-order chi connectivity index (χ0) is 10.8. The molecule has 0 amide bonds. The molecule has 2 aromatic rings. The minimum absolute atomic E-state index is 0.117. The van der Waals surface area contributed by atoms with Crippen molar-refractivity contribution in [3.8, 4) is 0 Å². The van der Waals surface area contributed by atoms with Gasteiger partial charge in [0.2, 0.25) is 5.78 Å². The number of aromatic amines is 1. The third-order valence-electron chi connectivity index (χ3n) is 2.27. The molecule has 0 radical (unpaired) electrons. The molecular weight excluding hydrogens is 190 g/mol. The molecule has 0 spiro atoms. The van der Waals surface area contributed by atoms with Crippen LogP contribution >= 0.6 is 0 Å². The Labute approximate surface area is 87.4 Å². The van der Waals surface area contributed by atoms with Crippen LogP contribution in [-0.4, -0.2) is 21.0 Å². The minimum Gasteiger partial charge on any atom is -0.285 e. The fourth-order valence-corrected chi connectivity index (χ4v) is 1.42. The van der Waals surface area contributed by atoms with Crippen LogP contribution in [0.15, 0.2) is 24.5 Å². The third kappa shape index (κ3) is 1.79. The van der Waals surface area contributed by atoms with Gasteiger partial charge in [-0.15, -0.1) is 0 Å². The summed E-state index contributed by atoms with van der Waals surface area (Å²) in [6.07, 6.45) is 1.33. The Morgan fingerprint density at radius 2 is 2.13 bits per heavy atom. The summed E-state index contributed by atoms with van der Waals surface area (Å²) in [5, 5.41) is 6.24. The lowest BCUT2D eigenvalue weighted by Crippen LogP contribution is -2.06. The van der Waals surface area contributed by atoms with E-state index in [1.165, 1.54) is 6.33 Å². The molecular formula is C11H11N3O. The predicted molar refractivity (Wildman–Crippen MR) is 55.7 cm³/mol. The first kappa shape index (κ1) is 9.58. The van der Waals surface area contributed by atoms with E-state index in [1.807, 2.05) is 32.0 Å². The Morgan fingerprint density at radius 3 is 2.80 bits per heavy atom. The van der Waals surface area contributed by atoms with Gasteiger partial charge in [0.1, 0.15) is 6.33 Å². The van der Waals surface area contributed by atoms with Gasteiger partial charge in [0, 0.05) is 5.56 Å². The van der Waals surface area contributed by atoms with Crippen molar-refractivity contribution in [3.05, 3.63) is 47.0 Å². The Hall–Kier alpha value is -1.97. The van der Waals surface area contributed by atoms with Crippen molar-refractivity contribution >= 4 is 5.78 Å². The van der Waals surface area contributed by atoms with Crippen molar-refractivity contribution in [3.63, 3.8) is 0 Å². The van der Waals surface area contributed by atoms with Crippen molar-refractivity contribution in [1.82, 2.24) is 15.2 Å². The van der Waals surface area contributed by atoms with Gasteiger partial charge in [-0.05, 0) is 25.5 Å². The Kier molecular flexibility index (Phi) is 2.33. The van der Waals surface area contributed by atoms with E-state index in [4.69, 9.17) is 0 Å². The SMILES string of the molecule is Cc1ccc(C)c(C(=O)c2ncn[nH]2)c1. The number of benzene rings is 1. The summed E-state index contributed by atoms with van der Waals surface area (Å²) in [7, 11) is 0. The van der Waals surface area contributed by atoms with Gasteiger partial charge in [-0.2, -0.15) is 5.10 Å². The van der Waals surface area contributed by atoms with E-state index >= 15 is 0 Å². The number of ketones is 1. The van der Waals surface area contributed by atoms with Crippen LogP contribution in [0, 0.1) is 13.8 Å². The lowest BCUT2D eigenvalue weighted by atomic mass is 10.0.